The van der Waals surface area contributed by atoms with Crippen molar-refractivity contribution in [2.45, 2.75) is 39.8 Å². The summed E-state index contributed by atoms with van der Waals surface area (Å²) in [6, 6.07) is 8.20. The molecule has 0 bridgehead atoms. The van der Waals surface area contributed by atoms with E-state index in [0.29, 0.717) is 13.2 Å². The van der Waals surface area contributed by atoms with Gasteiger partial charge < -0.3 is 24.3 Å². The molecule has 0 atom stereocenters. The molecule has 1 heterocycles. The maximum atomic E-state index is 5.52. The largest absolute Gasteiger partial charge is 0.494 e. The summed E-state index contributed by atoms with van der Waals surface area (Å²) in [7, 11) is 3.76. The van der Waals surface area contributed by atoms with Gasteiger partial charge in [-0.05, 0) is 31.0 Å². The molecule has 8 nitrogen and oxygen atoms in total. The first kappa shape index (κ1) is 22.7. The minimum atomic E-state index is 0.674. The Morgan fingerprint density at radius 2 is 2.03 bits per heavy atom. The molecule has 29 heavy (non-hydrogen) atoms. The normalized spacial score (nSPS) is 11.5. The van der Waals surface area contributed by atoms with Gasteiger partial charge in [-0.1, -0.05) is 19.1 Å². The van der Waals surface area contributed by atoms with Crippen molar-refractivity contribution in [1.82, 2.24) is 25.0 Å². The number of aromatic nitrogens is 3. The van der Waals surface area contributed by atoms with Crippen LogP contribution in [0.2, 0.25) is 0 Å². The third-order valence-corrected chi connectivity index (χ3v) is 4.43. The number of nitrogens with zero attached hydrogens (tertiary/aromatic N) is 5. The number of aliphatic imine (C=N–C) groups is 1. The molecular weight excluding hydrogens is 368 g/mol. The van der Waals surface area contributed by atoms with Crippen LogP contribution in [0.4, 0.5) is 0 Å². The van der Waals surface area contributed by atoms with E-state index in [4.69, 9.17) is 14.5 Å². The Kier molecular flexibility index (Phi) is 9.99. The highest BCUT2D eigenvalue weighted by molar-refractivity contribution is 5.79. The van der Waals surface area contributed by atoms with E-state index in [0.717, 1.165) is 56.6 Å². The number of hydrogen-bond donors (Lipinski definition) is 1. The fourth-order valence-electron chi connectivity index (χ4n) is 2.94. The summed E-state index contributed by atoms with van der Waals surface area (Å²) in [5.41, 5.74) is 1.20. The molecule has 0 aliphatic heterocycles. The Bertz CT molecular complexity index is 729. The summed E-state index contributed by atoms with van der Waals surface area (Å²) in [4.78, 5) is 6.89. The van der Waals surface area contributed by atoms with Crippen LogP contribution in [0.25, 0.3) is 0 Å². The first-order valence-electron chi connectivity index (χ1n) is 10.2. The highest BCUT2D eigenvalue weighted by Gasteiger charge is 2.08. The van der Waals surface area contributed by atoms with Gasteiger partial charge in [-0.25, -0.2) is 0 Å². The second-order valence-electron chi connectivity index (χ2n) is 6.71. The van der Waals surface area contributed by atoms with Crippen molar-refractivity contribution in [1.29, 1.82) is 0 Å². The van der Waals surface area contributed by atoms with Crippen molar-refractivity contribution in [3.05, 3.63) is 42.0 Å². The average Bonchev–Trinajstić information content (AvgIpc) is 3.19. The molecule has 2 rings (SSSR count). The van der Waals surface area contributed by atoms with Crippen molar-refractivity contribution >= 4 is 5.96 Å². The maximum absolute atomic E-state index is 5.52. The van der Waals surface area contributed by atoms with Gasteiger partial charge in [-0.2, -0.15) is 0 Å². The number of benzene rings is 1. The fourth-order valence-corrected chi connectivity index (χ4v) is 2.94. The van der Waals surface area contributed by atoms with E-state index in [1.54, 1.807) is 13.4 Å². The second-order valence-corrected chi connectivity index (χ2v) is 6.71. The number of methoxy groups -OCH3 is 1. The van der Waals surface area contributed by atoms with Gasteiger partial charge in [0.05, 0.1) is 6.61 Å². The molecule has 8 heteroatoms. The maximum Gasteiger partial charge on any atom is 0.194 e. The number of hydrogen-bond acceptors (Lipinski definition) is 5. The van der Waals surface area contributed by atoms with E-state index in [1.165, 1.54) is 5.56 Å². The zero-order chi connectivity index (χ0) is 20.9. The number of aryl methyl sites for hydroxylation is 1. The Morgan fingerprint density at radius 3 is 2.72 bits per heavy atom. The van der Waals surface area contributed by atoms with E-state index in [9.17, 15) is 0 Å². The van der Waals surface area contributed by atoms with Gasteiger partial charge in [0.1, 0.15) is 17.9 Å². The molecule has 0 aliphatic carbocycles. The summed E-state index contributed by atoms with van der Waals surface area (Å²) < 4.78 is 12.7. The van der Waals surface area contributed by atoms with Gasteiger partial charge in [0, 0.05) is 53.4 Å². The van der Waals surface area contributed by atoms with Crippen LogP contribution in [0.3, 0.4) is 0 Å². The molecule has 1 N–H and O–H groups in total. The Hall–Kier alpha value is -2.61. The Balaban J connectivity index is 1.95. The van der Waals surface area contributed by atoms with Crippen LogP contribution in [0.1, 0.15) is 31.7 Å². The molecule has 0 radical (unpaired) electrons. The zero-order valence-electron chi connectivity index (χ0n) is 18.1. The van der Waals surface area contributed by atoms with Crippen LogP contribution < -0.4 is 10.1 Å². The standard InChI is InChI=1S/C21H34N6O2/c1-5-20-25-24-17-27(20)14-13-23-21(22-12-7-15-28-4)26(3)16-18-8-10-19(11-9-18)29-6-2/h8-11,17H,5-7,12-16H2,1-4H3,(H,22,23). The topological polar surface area (TPSA) is 76.8 Å². The summed E-state index contributed by atoms with van der Waals surface area (Å²) in [6.45, 7) is 8.48. The highest BCUT2D eigenvalue weighted by Crippen LogP contribution is 2.13. The van der Waals surface area contributed by atoms with Gasteiger partial charge in [-0.3, -0.25) is 4.99 Å². The van der Waals surface area contributed by atoms with Gasteiger partial charge in [0.25, 0.3) is 0 Å². The molecule has 0 saturated carbocycles. The number of rotatable bonds is 12. The summed E-state index contributed by atoms with van der Waals surface area (Å²) in [5, 5.41) is 11.6. The smallest absolute Gasteiger partial charge is 0.194 e. The first-order chi connectivity index (χ1) is 14.2. The molecule has 2 aromatic rings. The highest BCUT2D eigenvalue weighted by atomic mass is 16.5. The molecular formula is C21H34N6O2. The van der Waals surface area contributed by atoms with E-state index in [-0.39, 0.29) is 0 Å². The van der Waals surface area contributed by atoms with Crippen molar-refractivity contribution < 1.29 is 9.47 Å². The first-order valence-corrected chi connectivity index (χ1v) is 10.2. The Labute approximate surface area is 173 Å². The lowest BCUT2D eigenvalue weighted by Crippen LogP contribution is -2.40. The molecule has 0 aliphatic rings. The van der Waals surface area contributed by atoms with E-state index in [2.05, 4.69) is 51.1 Å². The monoisotopic (exact) mass is 402 g/mol. The fraction of sp³-hybridized carbons (Fsp3) is 0.571. The SMILES string of the molecule is CCOc1ccc(CN(C)C(=NCCCOC)NCCn2cnnc2CC)cc1. The summed E-state index contributed by atoms with van der Waals surface area (Å²) >= 11 is 0. The second kappa shape index (κ2) is 12.8. The minimum Gasteiger partial charge on any atom is -0.494 e. The van der Waals surface area contributed by atoms with Gasteiger partial charge >= 0.3 is 0 Å². The molecule has 0 amide bonds. The van der Waals surface area contributed by atoms with Gasteiger partial charge in [0.2, 0.25) is 0 Å². The summed E-state index contributed by atoms with van der Waals surface area (Å²) in [5.74, 6) is 2.76. The van der Waals surface area contributed by atoms with E-state index < -0.39 is 0 Å². The van der Waals surface area contributed by atoms with Crippen molar-refractivity contribution in [2.24, 2.45) is 4.99 Å². The zero-order valence-corrected chi connectivity index (χ0v) is 18.1. The van der Waals surface area contributed by atoms with Crippen LogP contribution in [0.5, 0.6) is 5.75 Å². The van der Waals surface area contributed by atoms with Crippen LogP contribution in [-0.4, -0.2) is 66.1 Å². The quantitative estimate of drug-likeness (QED) is 0.334. The van der Waals surface area contributed by atoms with Crippen LogP contribution in [0.15, 0.2) is 35.6 Å². The Morgan fingerprint density at radius 1 is 1.24 bits per heavy atom. The van der Waals surface area contributed by atoms with E-state index in [1.807, 2.05) is 19.1 Å². The lowest BCUT2D eigenvalue weighted by molar-refractivity contribution is 0.197. The van der Waals surface area contributed by atoms with Crippen molar-refractivity contribution in [3.8, 4) is 5.75 Å². The van der Waals surface area contributed by atoms with Crippen molar-refractivity contribution in [3.63, 3.8) is 0 Å². The lowest BCUT2D eigenvalue weighted by Gasteiger charge is -2.23. The molecule has 0 unspecified atom stereocenters. The van der Waals surface area contributed by atoms with Crippen LogP contribution in [0, 0.1) is 0 Å². The van der Waals surface area contributed by atoms with Crippen LogP contribution >= 0.6 is 0 Å². The van der Waals surface area contributed by atoms with Gasteiger partial charge in [-0.15, -0.1) is 10.2 Å². The van der Waals surface area contributed by atoms with E-state index >= 15 is 0 Å². The molecule has 0 fully saturated rings. The van der Waals surface area contributed by atoms with Crippen LogP contribution in [-0.2, 0) is 24.2 Å². The predicted octanol–water partition coefficient (Wildman–Crippen LogP) is 2.35. The summed E-state index contributed by atoms with van der Waals surface area (Å²) in [6.07, 6.45) is 3.54. The third kappa shape index (κ3) is 7.73. The molecule has 1 aromatic heterocycles. The average molecular weight is 403 g/mol. The number of nitrogens with one attached hydrogen (secondary N) is 1. The molecule has 160 valence electrons. The third-order valence-electron chi connectivity index (χ3n) is 4.43. The minimum absolute atomic E-state index is 0.674. The number of guanidine groups is 1. The van der Waals surface area contributed by atoms with Crippen molar-refractivity contribution in [2.75, 3.05) is 40.5 Å². The number of ether oxygens (including phenoxy) is 2. The molecule has 0 spiro atoms. The molecule has 0 saturated heterocycles. The lowest BCUT2D eigenvalue weighted by atomic mass is 10.2. The van der Waals surface area contributed by atoms with Gasteiger partial charge in [0.15, 0.2) is 5.96 Å². The molecule has 1 aromatic carbocycles. The predicted molar refractivity (Wildman–Crippen MR) is 115 cm³/mol.